The maximum absolute atomic E-state index is 6.23. The van der Waals surface area contributed by atoms with Crippen LogP contribution in [0.1, 0.15) is 38.0 Å². The van der Waals surface area contributed by atoms with Gasteiger partial charge in [0, 0.05) is 34.1 Å². The number of hydrogen-bond acceptors (Lipinski definition) is 6. The molecular formula is C23H21ClN6S. The average Bonchev–Trinajstić information content (AvgIpc) is 3.37. The van der Waals surface area contributed by atoms with Crippen LogP contribution in [-0.2, 0) is 0 Å². The molecule has 4 rings (SSSR count). The van der Waals surface area contributed by atoms with Gasteiger partial charge in [0.1, 0.15) is 5.82 Å². The first-order valence-corrected chi connectivity index (χ1v) is 10.8. The van der Waals surface area contributed by atoms with Gasteiger partial charge in [-0.3, -0.25) is 4.99 Å². The molecule has 0 aliphatic heterocycles. The molecule has 4 aromatic rings. The molecule has 4 heterocycles. The van der Waals surface area contributed by atoms with Gasteiger partial charge in [0.2, 0.25) is 0 Å². The van der Waals surface area contributed by atoms with Crippen molar-refractivity contribution in [2.75, 3.05) is 5.73 Å². The number of aromatic nitrogens is 4. The van der Waals surface area contributed by atoms with Gasteiger partial charge >= 0.3 is 0 Å². The lowest BCUT2D eigenvalue weighted by Crippen LogP contribution is -2.01. The van der Waals surface area contributed by atoms with E-state index in [0.29, 0.717) is 28.4 Å². The molecule has 0 radical (unpaired) electrons. The van der Waals surface area contributed by atoms with Gasteiger partial charge in [-0.15, -0.1) is 11.3 Å². The van der Waals surface area contributed by atoms with Crippen LogP contribution in [0.5, 0.6) is 0 Å². The van der Waals surface area contributed by atoms with Crippen molar-refractivity contribution in [1.82, 2.24) is 19.9 Å². The molecule has 0 saturated heterocycles. The second-order valence-corrected chi connectivity index (χ2v) is 8.96. The monoisotopic (exact) mass is 448 g/mol. The van der Waals surface area contributed by atoms with Crippen LogP contribution < -0.4 is 5.73 Å². The summed E-state index contributed by atoms with van der Waals surface area (Å²) >= 11 is 7.62. The molecule has 0 aromatic carbocycles. The molecule has 0 atom stereocenters. The molecule has 6 nitrogen and oxygen atoms in total. The van der Waals surface area contributed by atoms with Gasteiger partial charge in [-0.1, -0.05) is 18.2 Å². The van der Waals surface area contributed by atoms with Gasteiger partial charge in [-0.05, 0) is 56.7 Å². The first kappa shape index (κ1) is 21.0. The van der Waals surface area contributed by atoms with E-state index in [-0.39, 0.29) is 0 Å². The van der Waals surface area contributed by atoms with E-state index in [1.165, 1.54) is 11.3 Å². The van der Waals surface area contributed by atoms with Gasteiger partial charge in [0.05, 0.1) is 26.9 Å². The molecule has 31 heavy (non-hydrogen) atoms. The minimum Gasteiger partial charge on any atom is -0.397 e. The molecule has 0 saturated carbocycles. The highest BCUT2D eigenvalue weighted by molar-refractivity contribution is 7.19. The number of nitrogens with two attached hydrogens (primary N) is 1. The van der Waals surface area contributed by atoms with E-state index in [0.717, 1.165) is 37.3 Å². The van der Waals surface area contributed by atoms with Crippen LogP contribution in [0.4, 0.5) is 5.69 Å². The van der Waals surface area contributed by atoms with E-state index in [1.54, 1.807) is 12.4 Å². The number of nitrogens with one attached hydrogen (secondary N) is 1. The molecule has 0 aliphatic rings. The van der Waals surface area contributed by atoms with Gasteiger partial charge in [0.25, 0.3) is 0 Å². The van der Waals surface area contributed by atoms with E-state index < -0.39 is 0 Å². The lowest BCUT2D eigenvalue weighted by atomic mass is 10.1. The van der Waals surface area contributed by atoms with E-state index in [4.69, 9.17) is 22.3 Å². The molecule has 0 aliphatic carbocycles. The topological polar surface area (TPSA) is 92.8 Å². The Balaban J connectivity index is 1.76. The fraction of sp³-hybridized carbons (Fsp3) is 0.130. The summed E-state index contributed by atoms with van der Waals surface area (Å²) in [5.74, 6) is 0.568. The summed E-state index contributed by atoms with van der Waals surface area (Å²) in [6.45, 7) is 10.1. The average molecular weight is 449 g/mol. The summed E-state index contributed by atoms with van der Waals surface area (Å²) in [6.07, 6.45) is 3.53. The number of anilines is 1. The predicted molar refractivity (Wildman–Crippen MR) is 131 cm³/mol. The summed E-state index contributed by atoms with van der Waals surface area (Å²) in [5, 5.41) is 0. The van der Waals surface area contributed by atoms with E-state index >= 15 is 0 Å². The Morgan fingerprint density at radius 1 is 1.16 bits per heavy atom. The number of allylic oxidation sites excluding steroid dienone is 1. The number of thiophene rings is 1. The normalized spacial score (nSPS) is 11.7. The van der Waals surface area contributed by atoms with Crippen molar-refractivity contribution in [1.29, 1.82) is 0 Å². The number of nitrogens with zero attached hydrogens (tertiary/aromatic N) is 4. The van der Waals surface area contributed by atoms with E-state index in [2.05, 4.69) is 26.5 Å². The highest BCUT2D eigenvalue weighted by Gasteiger charge is 2.17. The summed E-state index contributed by atoms with van der Waals surface area (Å²) in [7, 11) is 0. The van der Waals surface area contributed by atoms with Gasteiger partial charge in [-0.25, -0.2) is 15.0 Å². The second-order valence-electron chi connectivity index (χ2n) is 7.25. The molecule has 0 spiro atoms. The Morgan fingerprint density at radius 2 is 1.97 bits per heavy atom. The smallest absolute Gasteiger partial charge is 0.178 e. The Hall–Kier alpha value is -3.29. The van der Waals surface area contributed by atoms with Crippen molar-refractivity contribution in [2.24, 2.45) is 4.99 Å². The number of imidazole rings is 1. The Kier molecular flexibility index (Phi) is 5.71. The summed E-state index contributed by atoms with van der Waals surface area (Å²) in [4.78, 5) is 22.5. The number of halogens is 1. The van der Waals surface area contributed by atoms with Crippen LogP contribution >= 0.6 is 22.9 Å². The van der Waals surface area contributed by atoms with Crippen LogP contribution in [-0.4, -0.2) is 25.6 Å². The van der Waals surface area contributed by atoms with Gasteiger partial charge in [-0.2, -0.15) is 0 Å². The summed E-state index contributed by atoms with van der Waals surface area (Å²) in [5.41, 5.74) is 13.0. The molecule has 0 amide bonds. The van der Waals surface area contributed by atoms with Crippen molar-refractivity contribution in [3.05, 3.63) is 70.9 Å². The lowest BCUT2D eigenvalue weighted by Gasteiger charge is -2.09. The number of hydrogen-bond donors (Lipinski definition) is 2. The molecule has 0 bridgehead atoms. The predicted octanol–water partition coefficient (Wildman–Crippen LogP) is 6.22. The minimum atomic E-state index is 0.524. The third-order valence-electron chi connectivity index (χ3n) is 4.65. The fourth-order valence-corrected chi connectivity index (χ4v) is 4.13. The Morgan fingerprint density at radius 3 is 2.68 bits per heavy atom. The van der Waals surface area contributed by atoms with Crippen molar-refractivity contribution in [3.63, 3.8) is 0 Å². The third-order valence-corrected chi connectivity index (χ3v) is 5.91. The maximum Gasteiger partial charge on any atom is 0.178 e. The highest BCUT2D eigenvalue weighted by atomic mass is 35.5. The molecule has 0 fully saturated rings. The number of aromatic amines is 1. The molecule has 0 unspecified atom stereocenters. The minimum absolute atomic E-state index is 0.524. The number of fused-ring (bicyclic) bond motifs is 1. The Labute approximate surface area is 189 Å². The van der Waals surface area contributed by atoms with Crippen LogP contribution in [0, 0.1) is 0 Å². The number of H-pyrrole nitrogens is 1. The standard InChI is InChI=1S/C23H21ClN6S/c1-12(2)27-11-13(3)17-6-5-16(25)20(28-17)14(4)22-29-21-15(9-10-26-23(21)30-22)18-7-8-19(24)31-18/h5-11H,4,25H2,1-3H3,(H,26,29,30)/b13-11+. The Bertz CT molecular complexity index is 1360. The van der Waals surface area contributed by atoms with Crippen LogP contribution in [0.3, 0.4) is 0 Å². The number of aliphatic imine (C=N–C) groups is 1. The van der Waals surface area contributed by atoms with Crippen LogP contribution in [0.25, 0.3) is 32.8 Å². The van der Waals surface area contributed by atoms with Crippen molar-refractivity contribution in [3.8, 4) is 10.4 Å². The molecular weight excluding hydrogens is 428 g/mol. The van der Waals surface area contributed by atoms with Crippen molar-refractivity contribution >= 4 is 56.6 Å². The highest BCUT2D eigenvalue weighted by Crippen LogP contribution is 2.35. The van der Waals surface area contributed by atoms with E-state index in [1.807, 2.05) is 51.1 Å². The zero-order valence-electron chi connectivity index (χ0n) is 17.4. The second kappa shape index (κ2) is 8.45. The molecule has 156 valence electrons. The lowest BCUT2D eigenvalue weighted by molar-refractivity contribution is 1.18. The SMILES string of the molecule is C=C(c1nc2nccc(-c3ccc(Cl)s3)c2[nH]1)c1nc(/C(C)=C/N=C(C)C)ccc1N. The van der Waals surface area contributed by atoms with E-state index in [9.17, 15) is 0 Å². The number of pyridine rings is 2. The summed E-state index contributed by atoms with van der Waals surface area (Å²) < 4.78 is 0.726. The third kappa shape index (κ3) is 4.28. The zero-order valence-corrected chi connectivity index (χ0v) is 19.0. The number of rotatable bonds is 5. The largest absolute Gasteiger partial charge is 0.397 e. The van der Waals surface area contributed by atoms with Gasteiger partial charge in [0.15, 0.2) is 5.65 Å². The fourth-order valence-electron chi connectivity index (χ4n) is 3.05. The van der Waals surface area contributed by atoms with Gasteiger partial charge < -0.3 is 10.7 Å². The van der Waals surface area contributed by atoms with Crippen LogP contribution in [0.2, 0.25) is 4.34 Å². The van der Waals surface area contributed by atoms with Crippen molar-refractivity contribution in [2.45, 2.75) is 20.8 Å². The maximum atomic E-state index is 6.23. The van der Waals surface area contributed by atoms with Crippen LogP contribution in [0.15, 0.2) is 54.3 Å². The zero-order chi connectivity index (χ0) is 22.1. The van der Waals surface area contributed by atoms with Crippen molar-refractivity contribution < 1.29 is 0 Å². The summed E-state index contributed by atoms with van der Waals surface area (Å²) in [6, 6.07) is 9.49. The molecule has 4 aromatic heterocycles. The first-order valence-electron chi connectivity index (χ1n) is 9.58. The quantitative estimate of drug-likeness (QED) is 0.354. The number of nitrogen functional groups attached to an aromatic ring is 1. The molecule has 3 N–H and O–H groups in total. The molecule has 8 heteroatoms. The first-order chi connectivity index (χ1) is 14.8.